The number of methoxy groups -OCH3 is 2. The van der Waals surface area contributed by atoms with Crippen molar-refractivity contribution < 1.29 is 18.7 Å². The molecule has 0 radical (unpaired) electrons. The largest absolute Gasteiger partial charge is 0.493 e. The lowest BCUT2D eigenvalue weighted by molar-refractivity contribution is -0.116. The van der Waals surface area contributed by atoms with Gasteiger partial charge in [0, 0.05) is 17.3 Å². The summed E-state index contributed by atoms with van der Waals surface area (Å²) in [7, 11) is 3.14. The molecule has 7 nitrogen and oxygen atoms in total. The van der Waals surface area contributed by atoms with Gasteiger partial charge < -0.3 is 18.8 Å². The summed E-state index contributed by atoms with van der Waals surface area (Å²) in [4.78, 5) is 14.5. The average Bonchev–Trinajstić information content (AvgIpc) is 3.21. The van der Waals surface area contributed by atoms with Crippen LogP contribution in [0.3, 0.4) is 0 Å². The molecule has 152 valence electrons. The van der Waals surface area contributed by atoms with E-state index in [1.165, 1.54) is 11.8 Å². The maximum Gasteiger partial charge on any atom is 0.277 e. The van der Waals surface area contributed by atoms with Gasteiger partial charge in [0.25, 0.3) is 5.22 Å². The Morgan fingerprint density at radius 3 is 2.45 bits per heavy atom. The first-order valence-electron chi connectivity index (χ1n) is 9.09. The van der Waals surface area contributed by atoms with Crippen LogP contribution >= 0.6 is 11.8 Å². The van der Waals surface area contributed by atoms with E-state index in [1.807, 2.05) is 50.2 Å². The second-order valence-electron chi connectivity index (χ2n) is 6.42. The predicted molar refractivity (Wildman–Crippen MR) is 113 cm³/mol. The molecule has 0 aliphatic heterocycles. The number of aromatic nitrogens is 2. The second-order valence-corrected chi connectivity index (χ2v) is 7.35. The van der Waals surface area contributed by atoms with Gasteiger partial charge in [-0.05, 0) is 44.2 Å². The van der Waals surface area contributed by atoms with Crippen LogP contribution in [-0.2, 0) is 4.79 Å². The molecule has 8 heteroatoms. The van der Waals surface area contributed by atoms with Crippen molar-refractivity contribution in [1.29, 1.82) is 0 Å². The first-order chi connectivity index (χ1) is 14.0. The molecular formula is C21H23N3O4S. The zero-order chi connectivity index (χ0) is 20.8. The highest BCUT2D eigenvalue weighted by Crippen LogP contribution is 2.32. The van der Waals surface area contributed by atoms with E-state index in [4.69, 9.17) is 13.9 Å². The molecule has 3 aromatic rings. The van der Waals surface area contributed by atoms with Crippen LogP contribution in [0.4, 0.5) is 5.69 Å². The third kappa shape index (κ3) is 4.89. The lowest BCUT2D eigenvalue weighted by Crippen LogP contribution is -2.38. The highest BCUT2D eigenvalue weighted by Gasteiger charge is 2.20. The lowest BCUT2D eigenvalue weighted by Gasteiger charge is -2.26. The van der Waals surface area contributed by atoms with E-state index in [-0.39, 0.29) is 17.7 Å². The number of carbonyl (C=O) groups excluding carboxylic acids is 1. The van der Waals surface area contributed by atoms with Gasteiger partial charge in [-0.2, -0.15) is 0 Å². The monoisotopic (exact) mass is 413 g/mol. The molecule has 0 aliphatic carbocycles. The van der Waals surface area contributed by atoms with Crippen molar-refractivity contribution in [3.05, 3.63) is 48.5 Å². The Labute approximate surface area is 174 Å². The quantitative estimate of drug-likeness (QED) is 0.510. The number of anilines is 1. The van der Waals surface area contributed by atoms with Gasteiger partial charge in [-0.3, -0.25) is 4.79 Å². The van der Waals surface area contributed by atoms with E-state index in [1.54, 1.807) is 31.3 Å². The molecule has 1 amide bonds. The number of ether oxygens (including phenoxy) is 2. The highest BCUT2D eigenvalue weighted by molar-refractivity contribution is 7.99. The molecule has 0 bridgehead atoms. The van der Waals surface area contributed by atoms with Crippen LogP contribution in [0.15, 0.2) is 58.2 Å². The van der Waals surface area contributed by atoms with E-state index in [2.05, 4.69) is 10.2 Å². The van der Waals surface area contributed by atoms with Crippen LogP contribution < -0.4 is 14.4 Å². The summed E-state index contributed by atoms with van der Waals surface area (Å²) in [5.74, 6) is 1.71. The van der Waals surface area contributed by atoms with E-state index in [0.29, 0.717) is 28.2 Å². The third-order valence-corrected chi connectivity index (χ3v) is 4.98. The number of thioether (sulfide) groups is 1. The van der Waals surface area contributed by atoms with Crippen molar-refractivity contribution in [3.63, 3.8) is 0 Å². The molecule has 0 saturated heterocycles. The number of para-hydroxylation sites is 1. The number of hydrogen-bond acceptors (Lipinski definition) is 7. The summed E-state index contributed by atoms with van der Waals surface area (Å²) in [5, 5.41) is 8.45. The predicted octanol–water partition coefficient (Wildman–Crippen LogP) is 4.29. The standard InChI is InChI=1S/C21H23N3O4S/c1-14(2)24(16-8-6-5-7-9-16)19(25)13-29-21-23-22-20(28-21)15-10-11-17(26-3)18(12-15)27-4/h5-12,14H,13H2,1-4H3. The van der Waals surface area contributed by atoms with E-state index in [9.17, 15) is 4.79 Å². The Morgan fingerprint density at radius 1 is 1.07 bits per heavy atom. The van der Waals surface area contributed by atoms with E-state index in [0.717, 1.165) is 5.69 Å². The van der Waals surface area contributed by atoms with Crippen LogP contribution in [-0.4, -0.2) is 42.1 Å². The number of hydrogen-bond donors (Lipinski definition) is 0. The molecule has 0 atom stereocenters. The van der Waals surface area contributed by atoms with Gasteiger partial charge >= 0.3 is 0 Å². The Bertz CT molecular complexity index is 960. The average molecular weight is 413 g/mol. The fourth-order valence-electron chi connectivity index (χ4n) is 2.87. The molecule has 29 heavy (non-hydrogen) atoms. The molecular weight excluding hydrogens is 390 g/mol. The fraction of sp³-hybridized carbons (Fsp3) is 0.286. The SMILES string of the molecule is COc1ccc(-c2nnc(SCC(=O)N(c3ccccc3)C(C)C)o2)cc1OC. The normalized spacial score (nSPS) is 10.8. The molecule has 3 rings (SSSR count). The summed E-state index contributed by atoms with van der Waals surface area (Å²) in [5.41, 5.74) is 1.58. The topological polar surface area (TPSA) is 77.7 Å². The Balaban J connectivity index is 1.69. The van der Waals surface area contributed by atoms with Gasteiger partial charge in [-0.25, -0.2) is 0 Å². The maximum atomic E-state index is 12.8. The van der Waals surface area contributed by atoms with Crippen LogP contribution in [0, 0.1) is 0 Å². The van der Waals surface area contributed by atoms with Gasteiger partial charge in [0.15, 0.2) is 11.5 Å². The van der Waals surface area contributed by atoms with Crippen LogP contribution in [0.2, 0.25) is 0 Å². The summed E-state index contributed by atoms with van der Waals surface area (Å²) in [6.07, 6.45) is 0. The molecule has 1 aromatic heterocycles. The van der Waals surface area contributed by atoms with Crippen molar-refractivity contribution in [2.75, 3.05) is 24.9 Å². The molecule has 0 unspecified atom stereocenters. The molecule has 0 saturated carbocycles. The highest BCUT2D eigenvalue weighted by atomic mass is 32.2. The van der Waals surface area contributed by atoms with Gasteiger partial charge in [0.05, 0.1) is 20.0 Å². The Kier molecular flexibility index (Phi) is 6.77. The number of benzene rings is 2. The summed E-state index contributed by atoms with van der Waals surface area (Å²) in [6, 6.07) is 15.0. The first-order valence-corrected chi connectivity index (χ1v) is 10.1. The van der Waals surface area contributed by atoms with Crippen molar-refractivity contribution in [2.45, 2.75) is 25.1 Å². The number of nitrogens with zero attached hydrogens (tertiary/aromatic N) is 3. The first kappa shape index (κ1) is 20.7. The smallest absolute Gasteiger partial charge is 0.277 e. The number of carbonyl (C=O) groups is 1. The van der Waals surface area contributed by atoms with Crippen molar-refractivity contribution >= 4 is 23.4 Å². The van der Waals surface area contributed by atoms with Crippen molar-refractivity contribution in [3.8, 4) is 23.0 Å². The minimum absolute atomic E-state index is 0.0259. The van der Waals surface area contributed by atoms with Crippen LogP contribution in [0.5, 0.6) is 11.5 Å². The van der Waals surface area contributed by atoms with Gasteiger partial charge in [-0.15, -0.1) is 10.2 Å². The van der Waals surface area contributed by atoms with Crippen LogP contribution in [0.1, 0.15) is 13.8 Å². The molecule has 1 heterocycles. The minimum Gasteiger partial charge on any atom is -0.493 e. The van der Waals surface area contributed by atoms with Gasteiger partial charge in [0.2, 0.25) is 11.8 Å². The Hall–Kier alpha value is -3.00. The summed E-state index contributed by atoms with van der Waals surface area (Å²) < 4.78 is 16.3. The number of amides is 1. The second kappa shape index (κ2) is 9.47. The molecule has 0 N–H and O–H groups in total. The van der Waals surface area contributed by atoms with E-state index < -0.39 is 0 Å². The summed E-state index contributed by atoms with van der Waals surface area (Å²) in [6.45, 7) is 3.97. The fourth-order valence-corrected chi connectivity index (χ4v) is 3.49. The van der Waals surface area contributed by atoms with Crippen molar-refractivity contribution in [2.24, 2.45) is 0 Å². The molecule has 2 aromatic carbocycles. The third-order valence-electron chi connectivity index (χ3n) is 4.18. The lowest BCUT2D eigenvalue weighted by atomic mass is 10.2. The van der Waals surface area contributed by atoms with Crippen molar-refractivity contribution in [1.82, 2.24) is 10.2 Å². The number of rotatable bonds is 8. The van der Waals surface area contributed by atoms with Gasteiger partial charge in [-0.1, -0.05) is 30.0 Å². The zero-order valence-electron chi connectivity index (χ0n) is 16.8. The maximum absolute atomic E-state index is 12.8. The summed E-state index contributed by atoms with van der Waals surface area (Å²) >= 11 is 1.21. The zero-order valence-corrected chi connectivity index (χ0v) is 17.6. The van der Waals surface area contributed by atoms with E-state index >= 15 is 0 Å². The van der Waals surface area contributed by atoms with Crippen LogP contribution in [0.25, 0.3) is 11.5 Å². The Morgan fingerprint density at radius 2 is 1.79 bits per heavy atom. The van der Waals surface area contributed by atoms with Gasteiger partial charge in [0.1, 0.15) is 0 Å². The molecule has 0 spiro atoms. The minimum atomic E-state index is -0.0259. The molecule has 0 fully saturated rings. The molecule has 0 aliphatic rings.